The predicted octanol–water partition coefficient (Wildman–Crippen LogP) is -6.40. The molecule has 4 fully saturated rings. The Labute approximate surface area is 348 Å². The molecule has 0 aromatic rings. The molecule has 4 aliphatic rings. The van der Waals surface area contributed by atoms with E-state index >= 15 is 0 Å². The van der Waals surface area contributed by atoms with Crippen LogP contribution >= 0.6 is 0 Å². The first-order valence-electron chi connectivity index (χ1n) is 20.3. The van der Waals surface area contributed by atoms with Gasteiger partial charge in [-0.3, -0.25) is 62.8 Å². The van der Waals surface area contributed by atoms with Crippen LogP contribution in [0.1, 0.15) is 40.0 Å². The zero-order valence-corrected chi connectivity index (χ0v) is 34.5. The van der Waals surface area contributed by atoms with Gasteiger partial charge in [0.15, 0.2) is 5.78 Å². The summed E-state index contributed by atoms with van der Waals surface area (Å²) in [6, 6.07) is -2.07. The van der Waals surface area contributed by atoms with Gasteiger partial charge < -0.3 is 51.0 Å². The van der Waals surface area contributed by atoms with Gasteiger partial charge in [-0.25, -0.2) is 0 Å². The van der Waals surface area contributed by atoms with Crippen LogP contribution in [0.2, 0.25) is 0 Å². The Hall–Kier alpha value is -4.75. The topological polar surface area (TPSA) is 289 Å². The minimum Gasteiger partial charge on any atom is -0.426 e. The van der Waals surface area contributed by atoms with Gasteiger partial charge in [0.2, 0.25) is 35.4 Å². The number of likely N-dealkylation sites (tertiary alicyclic amines) is 1. The molecule has 4 rings (SSSR count). The molecule has 4 bridgehead atoms. The lowest BCUT2D eigenvalue weighted by Gasteiger charge is -2.33. The molecule has 23 nitrogen and oxygen atoms in total. The van der Waals surface area contributed by atoms with E-state index < -0.39 is 104 Å². The molecule has 60 heavy (non-hydrogen) atoms. The van der Waals surface area contributed by atoms with E-state index in [1.165, 1.54) is 11.8 Å². The maximum Gasteiger partial charge on any atom is 0.475 e. The lowest BCUT2D eigenvalue weighted by molar-refractivity contribution is -0.190. The van der Waals surface area contributed by atoms with Crippen LogP contribution in [-0.2, 0) is 52.6 Å². The van der Waals surface area contributed by atoms with Crippen molar-refractivity contribution in [1.82, 2.24) is 51.1 Å². The summed E-state index contributed by atoms with van der Waals surface area (Å²) in [6.45, 7) is 6.81. The SMILES string of the molecule is CC(C)[C@H](NC(=O)CNC(=O)CNC(=O)CNC(=O)CN1CCN2CCN3CCN(CC1)CC(=O)OC(CC(=O)C3)OC(=O)C2)C(=O)N[C@H](C)C(=O)N1CCC[C@H]1B(O)O. The number of hydrogen-bond acceptors (Lipinski definition) is 17. The second-order valence-electron chi connectivity index (χ2n) is 15.8. The third-order valence-corrected chi connectivity index (χ3v) is 10.6. The number of ketones is 1. The Kier molecular flexibility index (Phi) is 18.6. The molecule has 5 atom stereocenters. The summed E-state index contributed by atoms with van der Waals surface area (Å²) in [5.41, 5.74) is 0. The first-order chi connectivity index (χ1) is 28.5. The van der Waals surface area contributed by atoms with Gasteiger partial charge in [0.05, 0.1) is 58.2 Å². The molecule has 0 aromatic carbocycles. The number of esters is 2. The van der Waals surface area contributed by atoms with Gasteiger partial charge in [0.25, 0.3) is 6.29 Å². The first-order valence-corrected chi connectivity index (χ1v) is 20.3. The highest BCUT2D eigenvalue weighted by Crippen LogP contribution is 2.19. The van der Waals surface area contributed by atoms with Crippen molar-refractivity contribution in [1.29, 1.82) is 0 Å². The number of amides is 6. The fourth-order valence-corrected chi connectivity index (χ4v) is 7.22. The molecule has 4 aliphatic heterocycles. The van der Waals surface area contributed by atoms with Crippen LogP contribution < -0.4 is 26.6 Å². The summed E-state index contributed by atoms with van der Waals surface area (Å²) in [6.07, 6.45) is -0.529. The maximum absolute atomic E-state index is 13.0. The number of hydrogen-bond donors (Lipinski definition) is 7. The minimum atomic E-state index is -1.71. The lowest BCUT2D eigenvalue weighted by atomic mass is 9.78. The van der Waals surface area contributed by atoms with Gasteiger partial charge in [-0.1, -0.05) is 13.8 Å². The Morgan fingerprint density at radius 2 is 1.18 bits per heavy atom. The molecule has 0 radical (unpaired) electrons. The Bertz CT molecular complexity index is 1550. The van der Waals surface area contributed by atoms with Crippen LogP contribution in [0, 0.1) is 5.92 Å². The Balaban J connectivity index is 1.20. The second kappa shape index (κ2) is 23.3. The summed E-state index contributed by atoms with van der Waals surface area (Å²) < 4.78 is 10.8. The molecule has 24 heteroatoms. The molecule has 334 valence electrons. The quantitative estimate of drug-likeness (QED) is 0.0632. The number of nitrogens with zero attached hydrogens (tertiary/aromatic N) is 5. The number of fused-ring (bicyclic) bond motifs is 7. The van der Waals surface area contributed by atoms with Crippen molar-refractivity contribution in [3.63, 3.8) is 0 Å². The summed E-state index contributed by atoms with van der Waals surface area (Å²) in [5, 5.41) is 31.5. The fourth-order valence-electron chi connectivity index (χ4n) is 7.22. The van der Waals surface area contributed by atoms with E-state index in [1.54, 1.807) is 13.8 Å². The van der Waals surface area contributed by atoms with E-state index in [4.69, 9.17) is 9.47 Å². The zero-order valence-electron chi connectivity index (χ0n) is 34.5. The molecular formula is C36H59BN10O13. The molecule has 0 aromatic heterocycles. The number of carbonyl (C=O) groups is 9. The van der Waals surface area contributed by atoms with E-state index in [-0.39, 0.29) is 38.4 Å². The lowest BCUT2D eigenvalue weighted by Crippen LogP contribution is -2.57. The van der Waals surface area contributed by atoms with E-state index in [9.17, 15) is 53.2 Å². The van der Waals surface area contributed by atoms with Crippen molar-refractivity contribution in [3.8, 4) is 0 Å². The predicted molar refractivity (Wildman–Crippen MR) is 210 cm³/mol. The average molecular weight is 851 g/mol. The molecule has 2 unspecified atom stereocenters. The van der Waals surface area contributed by atoms with Gasteiger partial charge in [0, 0.05) is 58.9 Å². The summed E-state index contributed by atoms with van der Waals surface area (Å²) in [7, 11) is -1.71. The number of Topliss-reactive ketones (excluding diaryl/α,β-unsaturated/α-hetero) is 1. The smallest absolute Gasteiger partial charge is 0.426 e. The van der Waals surface area contributed by atoms with E-state index in [1.807, 2.05) is 19.6 Å². The highest BCUT2D eigenvalue weighted by molar-refractivity contribution is 6.43. The number of ether oxygens (including phenoxy) is 2. The fraction of sp³-hybridized carbons (Fsp3) is 0.750. The zero-order chi connectivity index (χ0) is 43.9. The summed E-state index contributed by atoms with van der Waals surface area (Å²) in [4.78, 5) is 124. The van der Waals surface area contributed by atoms with E-state index in [2.05, 4.69) is 26.6 Å². The van der Waals surface area contributed by atoms with Crippen LogP contribution in [0.3, 0.4) is 0 Å². The molecule has 0 spiro atoms. The van der Waals surface area contributed by atoms with Crippen LogP contribution in [0.25, 0.3) is 0 Å². The average Bonchev–Trinajstić information content (AvgIpc) is 3.67. The molecule has 0 saturated carbocycles. The summed E-state index contributed by atoms with van der Waals surface area (Å²) >= 11 is 0. The standard InChI is InChI=1S/C36H59BN10O13/c1-23(2)34(35(55)41-24(3)36(56)47-6-4-5-26(47)37(57)58)42-29(51)18-39-27(49)16-38-28(50)17-40-30(52)20-44-9-13-45-11-7-43-8-12-46(14-10-44)22-32(54)60-33(15-25(48)19-43)59-31(53)21-45/h23-24,26,33-34,57-58H,4-22H2,1-3H3,(H,38,50)(H,39,49)(H,40,52)(H,41,55)(H,42,51)/t24-,26+,34+/m1/s1. The maximum atomic E-state index is 13.0. The van der Waals surface area contributed by atoms with Gasteiger partial charge in [-0.2, -0.15) is 0 Å². The summed E-state index contributed by atoms with van der Waals surface area (Å²) in [5.74, 6) is -6.38. The van der Waals surface area contributed by atoms with Gasteiger partial charge in [-0.15, -0.1) is 0 Å². The number of carbonyl (C=O) groups excluding carboxylic acids is 9. The van der Waals surface area contributed by atoms with Crippen molar-refractivity contribution < 1.29 is 62.7 Å². The monoisotopic (exact) mass is 850 g/mol. The van der Waals surface area contributed by atoms with Crippen molar-refractivity contribution in [2.24, 2.45) is 5.92 Å². The number of rotatable bonds is 14. The largest absolute Gasteiger partial charge is 0.475 e. The highest BCUT2D eigenvalue weighted by Gasteiger charge is 2.39. The van der Waals surface area contributed by atoms with Crippen LogP contribution in [0.4, 0.5) is 0 Å². The third-order valence-electron chi connectivity index (χ3n) is 10.6. The third kappa shape index (κ3) is 15.7. The van der Waals surface area contributed by atoms with Crippen molar-refractivity contribution in [3.05, 3.63) is 0 Å². The molecule has 4 saturated heterocycles. The number of nitrogens with one attached hydrogen (secondary N) is 5. The Morgan fingerprint density at radius 3 is 1.72 bits per heavy atom. The normalized spacial score (nSPS) is 25.2. The van der Waals surface area contributed by atoms with Crippen molar-refractivity contribution in [2.75, 3.05) is 105 Å². The van der Waals surface area contributed by atoms with Crippen LogP contribution in [0.5, 0.6) is 0 Å². The minimum absolute atomic E-state index is 0.112. The van der Waals surface area contributed by atoms with Crippen LogP contribution in [-0.4, -0.2) is 224 Å². The van der Waals surface area contributed by atoms with Crippen molar-refractivity contribution >= 4 is 60.3 Å². The van der Waals surface area contributed by atoms with Crippen molar-refractivity contribution in [2.45, 2.75) is 64.3 Å². The molecule has 7 N–H and O–H groups in total. The molecular weight excluding hydrogens is 791 g/mol. The van der Waals surface area contributed by atoms with E-state index in [0.717, 1.165) is 0 Å². The van der Waals surface area contributed by atoms with E-state index in [0.29, 0.717) is 71.7 Å². The molecule has 0 aliphatic carbocycles. The van der Waals surface area contributed by atoms with Gasteiger partial charge in [0.1, 0.15) is 12.1 Å². The van der Waals surface area contributed by atoms with Gasteiger partial charge >= 0.3 is 19.1 Å². The first kappa shape index (κ1) is 47.9. The molecule has 6 amide bonds. The van der Waals surface area contributed by atoms with Crippen LogP contribution in [0.15, 0.2) is 0 Å². The molecule has 4 heterocycles. The van der Waals surface area contributed by atoms with Gasteiger partial charge in [-0.05, 0) is 25.7 Å². The Morgan fingerprint density at radius 1 is 0.683 bits per heavy atom. The second-order valence-corrected chi connectivity index (χ2v) is 15.8. The highest BCUT2D eigenvalue weighted by atomic mass is 16.7.